The molecule has 4 rings (SSSR count). The van der Waals surface area contributed by atoms with E-state index in [0.717, 1.165) is 19.3 Å². The largest absolute Gasteiger partial charge is 0.481 e. The van der Waals surface area contributed by atoms with Crippen LogP contribution < -0.4 is 15.4 Å². The zero-order valence-corrected chi connectivity index (χ0v) is 20.1. The zero-order valence-electron chi connectivity index (χ0n) is 19.3. The highest BCUT2D eigenvalue weighted by Crippen LogP contribution is 2.23. The topological polar surface area (TPSA) is 118 Å². The van der Waals surface area contributed by atoms with Gasteiger partial charge in [0.1, 0.15) is 5.75 Å². The number of nitrogens with one attached hydrogen (secondary N) is 2. The van der Waals surface area contributed by atoms with Gasteiger partial charge in [-0.1, -0.05) is 6.42 Å². The molecule has 1 aliphatic heterocycles. The third-order valence-electron chi connectivity index (χ3n) is 5.61. The van der Waals surface area contributed by atoms with Gasteiger partial charge in [0.25, 0.3) is 11.8 Å². The molecule has 35 heavy (non-hydrogen) atoms. The van der Waals surface area contributed by atoms with Crippen LogP contribution in [0.2, 0.25) is 0 Å². The minimum absolute atomic E-state index is 0.202. The fourth-order valence-corrected chi connectivity index (χ4v) is 5.20. The molecule has 1 atom stereocenters. The molecule has 1 unspecified atom stereocenters. The van der Waals surface area contributed by atoms with Crippen molar-refractivity contribution in [3.05, 3.63) is 72.7 Å². The van der Waals surface area contributed by atoms with Crippen molar-refractivity contribution >= 4 is 33.2 Å². The molecule has 0 saturated carbocycles. The quantitative estimate of drug-likeness (QED) is 0.484. The second-order valence-electron chi connectivity index (χ2n) is 8.19. The molecule has 0 spiro atoms. The molecule has 0 bridgehead atoms. The Morgan fingerprint density at radius 1 is 0.914 bits per heavy atom. The van der Waals surface area contributed by atoms with E-state index in [4.69, 9.17) is 9.15 Å². The van der Waals surface area contributed by atoms with Crippen LogP contribution in [0.5, 0.6) is 5.75 Å². The summed E-state index contributed by atoms with van der Waals surface area (Å²) in [6.45, 7) is 2.68. The van der Waals surface area contributed by atoms with E-state index < -0.39 is 16.1 Å². The standard InChI is InChI=1S/C25H27N3O6S/c1-18(34-21-11-7-19(8-12-21)27-25(30)23-6-5-17-33-23)24(29)26-20-9-13-22(14-10-20)35(31,32)28-15-3-2-4-16-28/h5-14,17-18H,2-4,15-16H2,1H3,(H,26,29)(H,27,30). The lowest BCUT2D eigenvalue weighted by Crippen LogP contribution is -2.35. The van der Waals surface area contributed by atoms with Crippen LogP contribution in [0, 0.1) is 0 Å². The van der Waals surface area contributed by atoms with Gasteiger partial charge in [-0.05, 0) is 80.4 Å². The maximum Gasteiger partial charge on any atom is 0.291 e. The van der Waals surface area contributed by atoms with Crippen LogP contribution in [0.4, 0.5) is 11.4 Å². The average Bonchev–Trinajstić information content (AvgIpc) is 3.41. The molecular weight excluding hydrogens is 470 g/mol. The first-order chi connectivity index (χ1) is 16.8. The lowest BCUT2D eigenvalue weighted by molar-refractivity contribution is -0.122. The highest BCUT2D eigenvalue weighted by Gasteiger charge is 2.26. The Hall–Kier alpha value is -3.63. The van der Waals surface area contributed by atoms with Crippen molar-refractivity contribution < 1.29 is 27.2 Å². The van der Waals surface area contributed by atoms with Gasteiger partial charge in [-0.3, -0.25) is 9.59 Å². The fourth-order valence-electron chi connectivity index (χ4n) is 3.68. The third-order valence-corrected chi connectivity index (χ3v) is 7.53. The summed E-state index contributed by atoms with van der Waals surface area (Å²) in [5.74, 6) is -0.0997. The van der Waals surface area contributed by atoms with Crippen LogP contribution in [0.1, 0.15) is 36.7 Å². The van der Waals surface area contributed by atoms with Crippen LogP contribution in [0.15, 0.2) is 76.2 Å². The lowest BCUT2D eigenvalue weighted by Gasteiger charge is -2.25. The number of piperidine rings is 1. The van der Waals surface area contributed by atoms with E-state index in [1.807, 2.05) is 0 Å². The number of hydrogen-bond donors (Lipinski definition) is 2. The van der Waals surface area contributed by atoms with Crippen molar-refractivity contribution in [1.29, 1.82) is 0 Å². The summed E-state index contributed by atoms with van der Waals surface area (Å²) >= 11 is 0. The molecular formula is C25H27N3O6S. The smallest absolute Gasteiger partial charge is 0.291 e. The van der Waals surface area contributed by atoms with Gasteiger partial charge < -0.3 is 19.8 Å². The minimum atomic E-state index is -3.52. The van der Waals surface area contributed by atoms with Crippen LogP contribution in [-0.2, 0) is 14.8 Å². The summed E-state index contributed by atoms with van der Waals surface area (Å²) in [7, 11) is -3.52. The van der Waals surface area contributed by atoms with E-state index in [1.165, 1.54) is 22.7 Å². The van der Waals surface area contributed by atoms with Gasteiger partial charge in [0.05, 0.1) is 11.2 Å². The predicted octanol–water partition coefficient (Wildman–Crippen LogP) is 4.11. The molecule has 0 aliphatic carbocycles. The monoisotopic (exact) mass is 497 g/mol. The maximum absolute atomic E-state index is 12.8. The lowest BCUT2D eigenvalue weighted by atomic mass is 10.2. The van der Waals surface area contributed by atoms with Crippen molar-refractivity contribution in [2.75, 3.05) is 23.7 Å². The van der Waals surface area contributed by atoms with Gasteiger partial charge in [0.2, 0.25) is 10.0 Å². The molecule has 10 heteroatoms. The van der Waals surface area contributed by atoms with Crippen LogP contribution in [0.25, 0.3) is 0 Å². The predicted molar refractivity (Wildman–Crippen MR) is 131 cm³/mol. The molecule has 1 saturated heterocycles. The molecule has 184 valence electrons. The number of ether oxygens (including phenoxy) is 1. The van der Waals surface area contributed by atoms with Gasteiger partial charge >= 0.3 is 0 Å². The second kappa shape index (κ2) is 10.7. The summed E-state index contributed by atoms with van der Waals surface area (Å²) in [6, 6.07) is 15.9. The van der Waals surface area contributed by atoms with Crippen LogP contribution in [-0.4, -0.2) is 43.7 Å². The van der Waals surface area contributed by atoms with Gasteiger partial charge in [-0.15, -0.1) is 0 Å². The number of rotatable bonds is 8. The first-order valence-electron chi connectivity index (χ1n) is 11.4. The van der Waals surface area contributed by atoms with Crippen molar-refractivity contribution in [2.45, 2.75) is 37.2 Å². The van der Waals surface area contributed by atoms with Crippen LogP contribution in [0.3, 0.4) is 0 Å². The maximum atomic E-state index is 12.8. The van der Waals surface area contributed by atoms with Crippen molar-refractivity contribution in [1.82, 2.24) is 4.31 Å². The molecule has 0 radical (unpaired) electrons. The Morgan fingerprint density at radius 3 is 2.17 bits per heavy atom. The zero-order chi connectivity index (χ0) is 24.8. The van der Waals surface area contributed by atoms with Gasteiger partial charge in [-0.25, -0.2) is 8.42 Å². The molecule has 1 aromatic heterocycles. The summed E-state index contributed by atoms with van der Waals surface area (Å²) in [5.41, 5.74) is 1.02. The Morgan fingerprint density at radius 2 is 1.54 bits per heavy atom. The number of carbonyl (C=O) groups excluding carboxylic acids is 2. The average molecular weight is 498 g/mol. The number of nitrogens with zero attached hydrogens (tertiary/aromatic N) is 1. The number of furan rings is 1. The van der Waals surface area contributed by atoms with E-state index in [9.17, 15) is 18.0 Å². The second-order valence-corrected chi connectivity index (χ2v) is 10.1. The van der Waals surface area contributed by atoms with Crippen molar-refractivity contribution in [3.63, 3.8) is 0 Å². The number of anilines is 2. The molecule has 2 heterocycles. The first kappa shape index (κ1) is 24.5. The Bertz CT molecular complexity index is 1250. The minimum Gasteiger partial charge on any atom is -0.481 e. The Balaban J connectivity index is 1.30. The molecule has 2 N–H and O–H groups in total. The first-order valence-corrected chi connectivity index (χ1v) is 12.8. The SMILES string of the molecule is CC(Oc1ccc(NC(=O)c2ccco2)cc1)C(=O)Nc1ccc(S(=O)(=O)N2CCCCC2)cc1. The van der Waals surface area contributed by atoms with E-state index in [2.05, 4.69) is 10.6 Å². The fraction of sp³-hybridized carbons (Fsp3) is 0.280. The number of amides is 2. The third kappa shape index (κ3) is 6.09. The normalized spacial score (nSPS) is 15.2. The van der Waals surface area contributed by atoms with Gasteiger partial charge in [0, 0.05) is 24.5 Å². The van der Waals surface area contributed by atoms with E-state index >= 15 is 0 Å². The molecule has 3 aromatic rings. The highest BCUT2D eigenvalue weighted by atomic mass is 32.2. The molecule has 2 aromatic carbocycles. The summed E-state index contributed by atoms with van der Waals surface area (Å²) in [6.07, 6.45) is 3.39. The van der Waals surface area contributed by atoms with Crippen molar-refractivity contribution in [2.24, 2.45) is 0 Å². The van der Waals surface area contributed by atoms with E-state index in [0.29, 0.717) is 30.2 Å². The number of benzene rings is 2. The molecule has 1 aliphatic rings. The number of sulfonamides is 1. The Labute approximate surface area is 204 Å². The highest BCUT2D eigenvalue weighted by molar-refractivity contribution is 7.89. The molecule has 1 fully saturated rings. The van der Waals surface area contributed by atoms with E-state index in [-0.39, 0.29) is 22.5 Å². The number of carbonyl (C=O) groups is 2. The Kier molecular flexibility index (Phi) is 7.52. The van der Waals surface area contributed by atoms with E-state index in [1.54, 1.807) is 55.5 Å². The molecule has 9 nitrogen and oxygen atoms in total. The number of hydrogen-bond acceptors (Lipinski definition) is 6. The molecule has 2 amide bonds. The van der Waals surface area contributed by atoms with Crippen LogP contribution >= 0.6 is 0 Å². The summed E-state index contributed by atoms with van der Waals surface area (Å²) in [4.78, 5) is 24.8. The van der Waals surface area contributed by atoms with Gasteiger partial charge in [0.15, 0.2) is 11.9 Å². The van der Waals surface area contributed by atoms with Crippen molar-refractivity contribution in [3.8, 4) is 5.75 Å². The summed E-state index contributed by atoms with van der Waals surface area (Å²) in [5, 5.41) is 5.44. The summed E-state index contributed by atoms with van der Waals surface area (Å²) < 4.78 is 37.8. The van der Waals surface area contributed by atoms with Gasteiger partial charge in [-0.2, -0.15) is 4.31 Å².